The van der Waals surface area contributed by atoms with Gasteiger partial charge in [-0.3, -0.25) is 9.89 Å². The van der Waals surface area contributed by atoms with Gasteiger partial charge in [0.1, 0.15) is 11.5 Å². The van der Waals surface area contributed by atoms with E-state index in [1.807, 2.05) is 12.1 Å². The molecular formula is C21H20FN5O2. The number of benzene rings is 2. The van der Waals surface area contributed by atoms with Gasteiger partial charge in [-0.2, -0.15) is 10.4 Å². The van der Waals surface area contributed by atoms with Crippen LogP contribution in [0.3, 0.4) is 0 Å². The number of aromatic amines is 1. The predicted molar refractivity (Wildman–Crippen MR) is 107 cm³/mol. The molecule has 0 bridgehead atoms. The Labute approximate surface area is 167 Å². The molecule has 2 aromatic carbocycles. The van der Waals surface area contributed by atoms with E-state index < -0.39 is 5.82 Å². The first-order valence-electron chi connectivity index (χ1n) is 9.07. The van der Waals surface area contributed by atoms with Crippen LogP contribution in [-0.2, 0) is 4.74 Å². The molecule has 1 fully saturated rings. The number of halogens is 1. The van der Waals surface area contributed by atoms with Gasteiger partial charge in [-0.15, -0.1) is 0 Å². The fraction of sp³-hybridized carbons (Fsp3) is 0.190. The standard InChI is InChI=1S/C17H11FN4O.C4H9NO/c18-14-7-6-11(10-19)8-13(14)15-9-16(22-21-15)17(23)20-12-4-2-1-3-5-12;1-3-6-4-2-5-1/h1-9H,(H,20,23)(H,21,22);5H,1-4H2. The van der Waals surface area contributed by atoms with Crippen LogP contribution in [0.4, 0.5) is 10.1 Å². The second-order valence-electron chi connectivity index (χ2n) is 6.16. The van der Waals surface area contributed by atoms with E-state index in [1.54, 1.807) is 24.3 Å². The minimum Gasteiger partial charge on any atom is -0.379 e. The summed E-state index contributed by atoms with van der Waals surface area (Å²) in [5.74, 6) is -0.891. The van der Waals surface area contributed by atoms with Crippen LogP contribution >= 0.6 is 0 Å². The molecule has 1 aliphatic heterocycles. The highest BCUT2D eigenvalue weighted by molar-refractivity contribution is 6.03. The summed E-state index contributed by atoms with van der Waals surface area (Å²) in [5.41, 5.74) is 1.59. The average molecular weight is 393 g/mol. The van der Waals surface area contributed by atoms with Crippen molar-refractivity contribution in [3.8, 4) is 17.3 Å². The van der Waals surface area contributed by atoms with Crippen molar-refractivity contribution in [1.82, 2.24) is 15.5 Å². The lowest BCUT2D eigenvalue weighted by Crippen LogP contribution is -2.30. The van der Waals surface area contributed by atoms with E-state index in [2.05, 4.69) is 20.8 Å². The third kappa shape index (κ3) is 5.72. The minimum absolute atomic E-state index is 0.166. The molecule has 2 heterocycles. The molecule has 0 saturated carbocycles. The van der Waals surface area contributed by atoms with Gasteiger partial charge in [-0.05, 0) is 36.4 Å². The van der Waals surface area contributed by atoms with Crippen molar-refractivity contribution < 1.29 is 13.9 Å². The van der Waals surface area contributed by atoms with Gasteiger partial charge in [0, 0.05) is 24.3 Å². The topological polar surface area (TPSA) is 103 Å². The zero-order valence-electron chi connectivity index (χ0n) is 15.6. The van der Waals surface area contributed by atoms with Gasteiger partial charge < -0.3 is 15.4 Å². The summed E-state index contributed by atoms with van der Waals surface area (Å²) in [4.78, 5) is 12.1. The van der Waals surface area contributed by atoms with Gasteiger partial charge >= 0.3 is 0 Å². The molecule has 1 amide bonds. The number of nitrogens with one attached hydrogen (secondary N) is 3. The lowest BCUT2D eigenvalue weighted by atomic mass is 10.1. The monoisotopic (exact) mass is 393 g/mol. The highest BCUT2D eigenvalue weighted by Gasteiger charge is 2.14. The van der Waals surface area contributed by atoms with E-state index in [-0.39, 0.29) is 22.9 Å². The molecular weight excluding hydrogens is 373 g/mol. The summed E-state index contributed by atoms with van der Waals surface area (Å²) in [6.07, 6.45) is 0. The third-order valence-corrected chi connectivity index (χ3v) is 4.07. The third-order valence-electron chi connectivity index (χ3n) is 4.07. The average Bonchev–Trinajstić information content (AvgIpc) is 3.27. The molecule has 7 nitrogen and oxygen atoms in total. The summed E-state index contributed by atoms with van der Waals surface area (Å²) in [7, 11) is 0. The molecule has 3 N–H and O–H groups in total. The molecule has 1 saturated heterocycles. The van der Waals surface area contributed by atoms with Gasteiger partial charge in [0.05, 0.1) is 30.5 Å². The normalized spacial score (nSPS) is 13.0. The van der Waals surface area contributed by atoms with Crippen molar-refractivity contribution in [3.63, 3.8) is 0 Å². The van der Waals surface area contributed by atoms with E-state index in [0.29, 0.717) is 11.3 Å². The molecule has 8 heteroatoms. The van der Waals surface area contributed by atoms with Crippen molar-refractivity contribution in [1.29, 1.82) is 5.26 Å². The molecule has 0 spiro atoms. The maximum atomic E-state index is 13.9. The number of aromatic nitrogens is 2. The van der Waals surface area contributed by atoms with Crippen molar-refractivity contribution in [2.24, 2.45) is 0 Å². The van der Waals surface area contributed by atoms with Crippen LogP contribution in [0.2, 0.25) is 0 Å². The Kier molecular flexibility index (Phi) is 7.05. The molecule has 1 aliphatic rings. The zero-order valence-corrected chi connectivity index (χ0v) is 15.6. The maximum absolute atomic E-state index is 13.9. The van der Waals surface area contributed by atoms with E-state index in [4.69, 9.17) is 10.00 Å². The number of hydrogen-bond donors (Lipinski definition) is 3. The van der Waals surface area contributed by atoms with Crippen molar-refractivity contribution >= 4 is 11.6 Å². The van der Waals surface area contributed by atoms with Crippen LogP contribution in [0, 0.1) is 17.1 Å². The van der Waals surface area contributed by atoms with Gasteiger partial charge in [-0.1, -0.05) is 18.2 Å². The van der Waals surface area contributed by atoms with Crippen LogP contribution in [0.25, 0.3) is 11.3 Å². The predicted octanol–water partition coefficient (Wildman–Crippen LogP) is 2.95. The Hall–Kier alpha value is -3.54. The largest absolute Gasteiger partial charge is 0.379 e. The summed E-state index contributed by atoms with van der Waals surface area (Å²) in [6.45, 7) is 3.83. The minimum atomic E-state index is -0.509. The van der Waals surface area contributed by atoms with E-state index in [1.165, 1.54) is 24.3 Å². The van der Waals surface area contributed by atoms with E-state index in [9.17, 15) is 9.18 Å². The SMILES string of the molecule is C1COCCN1.N#Cc1ccc(F)c(-c2cc(C(=O)Nc3ccccc3)[nH]n2)c1. The molecule has 0 atom stereocenters. The first-order valence-corrected chi connectivity index (χ1v) is 9.07. The Balaban J connectivity index is 0.000000343. The fourth-order valence-electron chi connectivity index (χ4n) is 2.60. The Morgan fingerprint density at radius 3 is 2.52 bits per heavy atom. The smallest absolute Gasteiger partial charge is 0.273 e. The van der Waals surface area contributed by atoms with E-state index in [0.717, 1.165) is 26.3 Å². The lowest BCUT2D eigenvalue weighted by Gasteiger charge is -2.10. The number of carbonyl (C=O) groups excluding carboxylic acids is 1. The van der Waals surface area contributed by atoms with Gasteiger partial charge in [-0.25, -0.2) is 4.39 Å². The second-order valence-corrected chi connectivity index (χ2v) is 6.16. The van der Waals surface area contributed by atoms with Crippen molar-refractivity contribution in [3.05, 3.63) is 71.7 Å². The Morgan fingerprint density at radius 1 is 1.14 bits per heavy atom. The van der Waals surface area contributed by atoms with Crippen molar-refractivity contribution in [2.75, 3.05) is 31.6 Å². The molecule has 148 valence electrons. The number of hydrogen-bond acceptors (Lipinski definition) is 5. The summed E-state index contributed by atoms with van der Waals surface area (Å²) in [5, 5.41) is 21.3. The quantitative estimate of drug-likeness (QED) is 0.635. The maximum Gasteiger partial charge on any atom is 0.273 e. The summed E-state index contributed by atoms with van der Waals surface area (Å²) < 4.78 is 18.9. The van der Waals surface area contributed by atoms with Crippen LogP contribution in [-0.4, -0.2) is 42.4 Å². The zero-order chi connectivity index (χ0) is 20.5. The Morgan fingerprint density at radius 2 is 1.90 bits per heavy atom. The number of ether oxygens (including phenoxy) is 1. The number of carbonyl (C=O) groups is 1. The molecule has 3 aromatic rings. The van der Waals surface area contributed by atoms with Gasteiger partial charge in [0.25, 0.3) is 5.91 Å². The molecule has 0 aliphatic carbocycles. The first-order chi connectivity index (χ1) is 14.2. The molecule has 1 aromatic heterocycles. The van der Waals surface area contributed by atoms with Crippen LogP contribution in [0.1, 0.15) is 16.1 Å². The summed E-state index contributed by atoms with van der Waals surface area (Å²) in [6, 6.07) is 16.3. The van der Waals surface area contributed by atoms with Gasteiger partial charge in [0.2, 0.25) is 0 Å². The number of morpholine rings is 1. The lowest BCUT2D eigenvalue weighted by molar-refractivity contribution is 0.102. The second kappa shape index (κ2) is 10.1. The molecule has 0 unspecified atom stereocenters. The summed E-state index contributed by atoms with van der Waals surface area (Å²) >= 11 is 0. The number of nitriles is 1. The van der Waals surface area contributed by atoms with Crippen LogP contribution in [0.15, 0.2) is 54.6 Å². The first kappa shape index (κ1) is 20.2. The van der Waals surface area contributed by atoms with E-state index >= 15 is 0 Å². The fourth-order valence-corrected chi connectivity index (χ4v) is 2.60. The number of para-hydroxylation sites is 1. The van der Waals surface area contributed by atoms with Crippen molar-refractivity contribution in [2.45, 2.75) is 0 Å². The highest BCUT2D eigenvalue weighted by Crippen LogP contribution is 2.23. The van der Waals surface area contributed by atoms with Crippen LogP contribution in [0.5, 0.6) is 0 Å². The highest BCUT2D eigenvalue weighted by atomic mass is 19.1. The van der Waals surface area contributed by atoms with Crippen LogP contribution < -0.4 is 10.6 Å². The molecule has 4 rings (SSSR count). The number of H-pyrrole nitrogens is 1. The molecule has 29 heavy (non-hydrogen) atoms. The number of anilines is 1. The number of amides is 1. The Bertz CT molecular complexity index is 982. The molecule has 0 radical (unpaired) electrons. The van der Waals surface area contributed by atoms with Gasteiger partial charge in [0.15, 0.2) is 0 Å². The number of nitrogens with zero attached hydrogens (tertiary/aromatic N) is 2. The number of rotatable bonds is 3.